The molecule has 0 bridgehead atoms. The molecule has 0 saturated carbocycles. The molecule has 0 aliphatic carbocycles. The molecule has 1 rings (SSSR count). The van der Waals surface area contributed by atoms with Crippen molar-refractivity contribution in [1.82, 2.24) is 0 Å². The Hall–Kier alpha value is -2.28. The van der Waals surface area contributed by atoms with Crippen molar-refractivity contribution < 1.29 is 15.0 Å². The predicted octanol–water partition coefficient (Wildman–Crippen LogP) is 1.54. The van der Waals surface area contributed by atoms with Crippen LogP contribution in [0.4, 0.5) is 0 Å². The van der Waals surface area contributed by atoms with Gasteiger partial charge in [0.2, 0.25) is 0 Å². The van der Waals surface area contributed by atoms with Crippen LogP contribution in [0.25, 0.3) is 0 Å². The molecule has 72 valence electrons. The Balaban J connectivity index is 0.000000241. The molecule has 1 aromatic carbocycles. The molecule has 0 radical (unpaired) electrons. The monoisotopic (exact) mass is 191 g/mol. The second kappa shape index (κ2) is 6.26. The number of hydrogen-bond donors (Lipinski definition) is 2. The van der Waals surface area contributed by atoms with E-state index in [0.717, 1.165) is 0 Å². The molecular formula is C10H9NO3. The minimum atomic E-state index is -1.26. The van der Waals surface area contributed by atoms with Crippen molar-refractivity contribution in [2.45, 2.75) is 0 Å². The number of carboxylic acids is 1. The van der Waals surface area contributed by atoms with Crippen molar-refractivity contribution in [3.05, 3.63) is 42.5 Å². The summed E-state index contributed by atoms with van der Waals surface area (Å²) in [5.41, 5.74) is -0.431. The second-order valence-corrected chi connectivity index (χ2v) is 2.23. The number of para-hydroxylation sites is 1. The Kier molecular flexibility index (Phi) is 5.24. The molecule has 14 heavy (non-hydrogen) atoms. The van der Waals surface area contributed by atoms with Crippen molar-refractivity contribution in [3.8, 4) is 11.8 Å². The van der Waals surface area contributed by atoms with Crippen LogP contribution >= 0.6 is 0 Å². The highest BCUT2D eigenvalue weighted by Crippen LogP contribution is 2.02. The average Bonchev–Trinajstić information content (AvgIpc) is 2.18. The zero-order chi connectivity index (χ0) is 11.0. The molecule has 0 atom stereocenters. The fourth-order valence-electron chi connectivity index (χ4n) is 0.476. The van der Waals surface area contributed by atoms with E-state index in [0.29, 0.717) is 5.75 Å². The molecule has 0 spiro atoms. The van der Waals surface area contributed by atoms with Crippen LogP contribution in [0.1, 0.15) is 0 Å². The Morgan fingerprint density at radius 2 is 1.86 bits per heavy atom. The maximum absolute atomic E-state index is 9.61. The predicted molar refractivity (Wildman–Crippen MR) is 50.5 cm³/mol. The first-order valence-corrected chi connectivity index (χ1v) is 3.64. The highest BCUT2D eigenvalue weighted by atomic mass is 16.4. The molecule has 0 fully saturated rings. The van der Waals surface area contributed by atoms with E-state index >= 15 is 0 Å². The first-order valence-electron chi connectivity index (χ1n) is 3.64. The van der Waals surface area contributed by atoms with E-state index in [9.17, 15) is 4.79 Å². The number of nitrogens with zero attached hydrogens (tertiary/aromatic N) is 1. The van der Waals surface area contributed by atoms with Crippen molar-refractivity contribution in [2.24, 2.45) is 0 Å². The fourth-order valence-corrected chi connectivity index (χ4v) is 0.476. The number of hydrogen-bond acceptors (Lipinski definition) is 3. The fraction of sp³-hybridized carbons (Fsp3) is 0. The summed E-state index contributed by atoms with van der Waals surface area (Å²) >= 11 is 0. The number of carbonyl (C=O) groups is 1. The lowest BCUT2D eigenvalue weighted by atomic mass is 10.3. The third kappa shape index (κ3) is 5.38. The smallest absolute Gasteiger partial charge is 0.345 e. The number of aliphatic carboxylic acids is 1. The summed E-state index contributed by atoms with van der Waals surface area (Å²) < 4.78 is 0. The number of phenols is 1. The van der Waals surface area contributed by atoms with Crippen LogP contribution in [-0.2, 0) is 4.79 Å². The molecule has 0 saturated heterocycles. The van der Waals surface area contributed by atoms with Crippen LogP contribution in [0.2, 0.25) is 0 Å². The molecule has 0 aliphatic rings. The van der Waals surface area contributed by atoms with Gasteiger partial charge in [-0.3, -0.25) is 0 Å². The van der Waals surface area contributed by atoms with E-state index < -0.39 is 11.5 Å². The number of aromatic hydroxyl groups is 1. The highest BCUT2D eigenvalue weighted by Gasteiger charge is 1.97. The van der Waals surface area contributed by atoms with Crippen LogP contribution in [0, 0.1) is 11.3 Å². The van der Waals surface area contributed by atoms with Crippen molar-refractivity contribution >= 4 is 5.97 Å². The quantitative estimate of drug-likeness (QED) is 0.521. The largest absolute Gasteiger partial charge is 0.508 e. The average molecular weight is 191 g/mol. The van der Waals surface area contributed by atoms with Gasteiger partial charge < -0.3 is 10.2 Å². The summed E-state index contributed by atoms with van der Waals surface area (Å²) in [5.74, 6) is -0.940. The van der Waals surface area contributed by atoms with Crippen molar-refractivity contribution in [1.29, 1.82) is 5.26 Å². The van der Waals surface area contributed by atoms with Gasteiger partial charge in [-0.05, 0) is 12.1 Å². The van der Waals surface area contributed by atoms with Gasteiger partial charge in [0.15, 0.2) is 0 Å². The Morgan fingerprint density at radius 3 is 2.00 bits per heavy atom. The van der Waals surface area contributed by atoms with Crippen molar-refractivity contribution in [2.75, 3.05) is 0 Å². The maximum atomic E-state index is 9.61. The van der Waals surface area contributed by atoms with Crippen LogP contribution < -0.4 is 0 Å². The molecule has 0 unspecified atom stereocenters. The number of nitriles is 1. The normalized spacial score (nSPS) is 7.64. The zero-order valence-corrected chi connectivity index (χ0v) is 7.34. The van der Waals surface area contributed by atoms with Gasteiger partial charge in [0, 0.05) is 0 Å². The minimum Gasteiger partial charge on any atom is -0.508 e. The van der Waals surface area contributed by atoms with Gasteiger partial charge in [-0.2, -0.15) is 5.26 Å². The summed E-state index contributed by atoms with van der Waals surface area (Å²) in [6.45, 7) is 2.91. The SMILES string of the molecule is C=C(C#N)C(=O)O.Oc1ccccc1. The van der Waals surface area contributed by atoms with Gasteiger partial charge in [-0.15, -0.1) is 0 Å². The van der Waals surface area contributed by atoms with E-state index in [2.05, 4.69) is 6.58 Å². The highest BCUT2D eigenvalue weighted by molar-refractivity contribution is 5.90. The molecule has 4 heteroatoms. The van der Waals surface area contributed by atoms with E-state index in [4.69, 9.17) is 15.5 Å². The van der Waals surface area contributed by atoms with Gasteiger partial charge in [0.1, 0.15) is 17.4 Å². The number of carboxylic acid groups (broad SMARTS) is 1. The van der Waals surface area contributed by atoms with Crippen molar-refractivity contribution in [3.63, 3.8) is 0 Å². The van der Waals surface area contributed by atoms with Crippen LogP contribution in [0.5, 0.6) is 5.75 Å². The Labute approximate surface area is 81.3 Å². The third-order valence-corrected chi connectivity index (χ3v) is 1.15. The lowest BCUT2D eigenvalue weighted by Crippen LogP contribution is -1.94. The molecule has 4 nitrogen and oxygen atoms in total. The maximum Gasteiger partial charge on any atom is 0.345 e. The van der Waals surface area contributed by atoms with Gasteiger partial charge in [0.05, 0.1) is 0 Å². The summed E-state index contributed by atoms with van der Waals surface area (Å²) in [5, 5.41) is 24.3. The van der Waals surface area contributed by atoms with Crippen LogP contribution in [0.3, 0.4) is 0 Å². The van der Waals surface area contributed by atoms with Crippen LogP contribution in [-0.4, -0.2) is 16.2 Å². The summed E-state index contributed by atoms with van der Waals surface area (Å²) in [6.07, 6.45) is 0. The van der Waals surface area contributed by atoms with Gasteiger partial charge in [-0.1, -0.05) is 24.8 Å². The second-order valence-electron chi connectivity index (χ2n) is 2.23. The number of rotatable bonds is 1. The summed E-state index contributed by atoms with van der Waals surface area (Å²) in [6, 6.07) is 10.1. The first kappa shape index (κ1) is 11.7. The lowest BCUT2D eigenvalue weighted by Gasteiger charge is -1.82. The van der Waals surface area contributed by atoms with E-state index in [1.54, 1.807) is 24.3 Å². The molecule has 0 aliphatic heterocycles. The minimum absolute atomic E-state index is 0.322. The molecule has 2 N–H and O–H groups in total. The third-order valence-electron chi connectivity index (χ3n) is 1.15. The molecule has 0 amide bonds. The topological polar surface area (TPSA) is 81.3 Å². The first-order chi connectivity index (χ1) is 6.57. The van der Waals surface area contributed by atoms with E-state index in [-0.39, 0.29) is 0 Å². The van der Waals surface area contributed by atoms with Gasteiger partial charge in [-0.25, -0.2) is 4.79 Å². The van der Waals surface area contributed by atoms with Crippen LogP contribution in [0.15, 0.2) is 42.5 Å². The van der Waals surface area contributed by atoms with Gasteiger partial charge in [0.25, 0.3) is 0 Å². The Bertz CT molecular complexity index is 351. The summed E-state index contributed by atoms with van der Waals surface area (Å²) in [7, 11) is 0. The summed E-state index contributed by atoms with van der Waals surface area (Å²) in [4.78, 5) is 9.61. The standard InChI is InChI=1S/C6H6O.C4H3NO2/c7-6-4-2-1-3-5-6;1-3(2-5)4(6)7/h1-5,7H;1H2,(H,6,7). The molecule has 1 aromatic rings. The Morgan fingerprint density at radius 1 is 1.36 bits per heavy atom. The van der Waals surface area contributed by atoms with Gasteiger partial charge >= 0.3 is 5.97 Å². The molecular weight excluding hydrogens is 182 g/mol. The zero-order valence-electron chi connectivity index (χ0n) is 7.34. The lowest BCUT2D eigenvalue weighted by molar-refractivity contribution is -0.132. The molecule has 0 aromatic heterocycles. The van der Waals surface area contributed by atoms with E-state index in [1.165, 1.54) is 6.07 Å². The number of phenolic OH excluding ortho intramolecular Hbond substituents is 1. The molecule has 0 heterocycles. The van der Waals surface area contributed by atoms with E-state index in [1.807, 2.05) is 6.07 Å². The number of benzene rings is 1.